The van der Waals surface area contributed by atoms with Crippen molar-refractivity contribution >= 4 is 32.5 Å². The van der Waals surface area contributed by atoms with Crippen molar-refractivity contribution in [2.24, 2.45) is 0 Å². The van der Waals surface area contributed by atoms with Crippen LogP contribution in [0.5, 0.6) is 0 Å². The molecule has 0 aliphatic rings. The third-order valence-electron chi connectivity index (χ3n) is 3.36. The molecule has 0 saturated carbocycles. The Hall–Kier alpha value is -2.26. The highest BCUT2D eigenvalue weighted by molar-refractivity contribution is 7.21. The van der Waals surface area contributed by atoms with Crippen LogP contribution in [0.4, 0.5) is 0 Å². The summed E-state index contributed by atoms with van der Waals surface area (Å²) in [6.07, 6.45) is 0. The van der Waals surface area contributed by atoms with Gasteiger partial charge in [-0.3, -0.25) is 0 Å². The molecule has 0 unspecified atom stereocenters. The van der Waals surface area contributed by atoms with Crippen LogP contribution >= 0.6 is 11.3 Å². The average Bonchev–Trinajstić information content (AvgIpc) is 2.90. The fourth-order valence-corrected chi connectivity index (χ4v) is 3.28. The molecule has 2 heterocycles. The molecule has 0 radical (unpaired) electrons. The highest BCUT2D eigenvalue weighted by Gasteiger charge is 2.07. The van der Waals surface area contributed by atoms with Gasteiger partial charge in [0, 0.05) is 5.39 Å². The minimum atomic E-state index is 0.947. The first-order chi connectivity index (χ1) is 9.79. The summed E-state index contributed by atoms with van der Waals surface area (Å²) in [5.41, 5.74) is 4.26. The van der Waals surface area contributed by atoms with Gasteiger partial charge in [0.2, 0.25) is 0 Å². The maximum Gasteiger partial charge on any atom is 0.143 e. The monoisotopic (exact) mass is 276 g/mol. The highest BCUT2D eigenvalue weighted by atomic mass is 32.1. The van der Waals surface area contributed by atoms with Crippen molar-refractivity contribution in [3.63, 3.8) is 0 Å². The van der Waals surface area contributed by atoms with Gasteiger partial charge in [0.05, 0.1) is 21.4 Å². The van der Waals surface area contributed by atoms with Crippen LogP contribution in [0, 0.1) is 6.92 Å². The largest absolute Gasteiger partial charge is 0.245 e. The van der Waals surface area contributed by atoms with E-state index in [2.05, 4.69) is 48.3 Å². The van der Waals surface area contributed by atoms with E-state index in [1.54, 1.807) is 11.3 Å². The molecular weight excluding hydrogens is 264 g/mol. The van der Waals surface area contributed by atoms with Crippen LogP contribution in [0.1, 0.15) is 5.56 Å². The van der Waals surface area contributed by atoms with E-state index < -0.39 is 0 Å². The van der Waals surface area contributed by atoms with Gasteiger partial charge in [0.15, 0.2) is 0 Å². The van der Waals surface area contributed by atoms with Crippen LogP contribution < -0.4 is 0 Å². The highest BCUT2D eigenvalue weighted by Crippen LogP contribution is 2.29. The number of rotatable bonds is 1. The van der Waals surface area contributed by atoms with E-state index in [9.17, 15) is 0 Å². The number of thiazole rings is 1. The van der Waals surface area contributed by atoms with Gasteiger partial charge in [-0.05, 0) is 37.3 Å². The van der Waals surface area contributed by atoms with Gasteiger partial charge in [0.1, 0.15) is 5.01 Å². The third-order valence-corrected chi connectivity index (χ3v) is 4.42. The Kier molecular flexibility index (Phi) is 2.54. The van der Waals surface area contributed by atoms with Crippen molar-refractivity contribution in [2.75, 3.05) is 0 Å². The van der Waals surface area contributed by atoms with Gasteiger partial charge >= 0.3 is 0 Å². The van der Waals surface area contributed by atoms with Crippen molar-refractivity contribution in [3.05, 3.63) is 60.2 Å². The maximum atomic E-state index is 4.73. The Bertz CT molecular complexity index is 891. The predicted octanol–water partition coefficient (Wildman–Crippen LogP) is 4.82. The van der Waals surface area contributed by atoms with Crippen LogP contribution in [0.25, 0.3) is 31.8 Å². The Morgan fingerprint density at radius 3 is 2.65 bits per heavy atom. The lowest BCUT2D eigenvalue weighted by Gasteiger charge is -2.01. The van der Waals surface area contributed by atoms with E-state index in [4.69, 9.17) is 4.98 Å². The molecule has 20 heavy (non-hydrogen) atoms. The first-order valence-corrected chi connectivity index (χ1v) is 7.35. The van der Waals surface area contributed by atoms with E-state index in [1.807, 2.05) is 18.2 Å². The molecule has 0 bridgehead atoms. The summed E-state index contributed by atoms with van der Waals surface area (Å²) in [5.74, 6) is 0. The summed E-state index contributed by atoms with van der Waals surface area (Å²) in [6.45, 7) is 2.10. The first kappa shape index (κ1) is 11.6. The van der Waals surface area contributed by atoms with Crippen molar-refractivity contribution in [2.45, 2.75) is 6.92 Å². The molecule has 2 aromatic carbocycles. The molecule has 0 aliphatic heterocycles. The van der Waals surface area contributed by atoms with E-state index in [-0.39, 0.29) is 0 Å². The minimum Gasteiger partial charge on any atom is -0.245 e. The molecule has 2 nitrogen and oxygen atoms in total. The fraction of sp³-hybridized carbons (Fsp3) is 0.0588. The Balaban J connectivity index is 1.90. The Morgan fingerprint density at radius 2 is 1.75 bits per heavy atom. The molecule has 3 heteroatoms. The Labute approximate surface area is 120 Å². The zero-order valence-electron chi connectivity index (χ0n) is 11.0. The van der Waals surface area contributed by atoms with Gasteiger partial charge in [-0.15, -0.1) is 11.3 Å². The molecule has 0 spiro atoms. The average molecular weight is 276 g/mol. The standard InChI is InChI=1S/C17H12N2S/c1-11-6-8-13-12(10-11)7-9-15(18-13)17-19-14-4-2-3-5-16(14)20-17/h2-10H,1H3. The Morgan fingerprint density at radius 1 is 0.850 bits per heavy atom. The zero-order valence-corrected chi connectivity index (χ0v) is 11.8. The SMILES string of the molecule is Cc1ccc2nc(-c3nc4ccccc4s3)ccc2c1. The van der Waals surface area contributed by atoms with Crippen LogP contribution in [-0.4, -0.2) is 9.97 Å². The van der Waals surface area contributed by atoms with Gasteiger partial charge < -0.3 is 0 Å². The number of benzene rings is 2. The first-order valence-electron chi connectivity index (χ1n) is 6.53. The van der Waals surface area contributed by atoms with E-state index in [0.29, 0.717) is 0 Å². The molecule has 2 aromatic heterocycles. The minimum absolute atomic E-state index is 0.947. The number of para-hydroxylation sites is 1. The topological polar surface area (TPSA) is 25.8 Å². The number of fused-ring (bicyclic) bond motifs is 2. The maximum absolute atomic E-state index is 4.73. The van der Waals surface area contributed by atoms with Crippen LogP contribution in [0.15, 0.2) is 54.6 Å². The molecule has 0 amide bonds. The van der Waals surface area contributed by atoms with Gasteiger partial charge in [-0.1, -0.05) is 29.8 Å². The number of nitrogens with zero attached hydrogens (tertiary/aromatic N) is 2. The molecule has 96 valence electrons. The summed E-state index contributed by atoms with van der Waals surface area (Å²) in [7, 11) is 0. The molecule has 4 aromatic rings. The second-order valence-corrected chi connectivity index (χ2v) is 5.91. The van der Waals surface area contributed by atoms with Gasteiger partial charge in [-0.25, -0.2) is 9.97 Å². The lowest BCUT2D eigenvalue weighted by atomic mass is 10.1. The summed E-state index contributed by atoms with van der Waals surface area (Å²) >= 11 is 1.69. The van der Waals surface area contributed by atoms with Crippen LogP contribution in [0.2, 0.25) is 0 Å². The number of hydrogen-bond donors (Lipinski definition) is 0. The second kappa shape index (κ2) is 4.39. The van der Waals surface area contributed by atoms with Crippen molar-refractivity contribution in [1.82, 2.24) is 9.97 Å². The van der Waals surface area contributed by atoms with Crippen LogP contribution in [-0.2, 0) is 0 Å². The van der Waals surface area contributed by atoms with Crippen molar-refractivity contribution in [3.8, 4) is 10.7 Å². The van der Waals surface area contributed by atoms with Crippen LogP contribution in [0.3, 0.4) is 0 Å². The van der Waals surface area contributed by atoms with E-state index >= 15 is 0 Å². The third kappa shape index (κ3) is 1.87. The van der Waals surface area contributed by atoms with Crippen molar-refractivity contribution in [1.29, 1.82) is 0 Å². The smallest absolute Gasteiger partial charge is 0.143 e. The lowest BCUT2D eigenvalue weighted by molar-refractivity contribution is 1.36. The molecule has 4 rings (SSSR count). The zero-order chi connectivity index (χ0) is 13.5. The van der Waals surface area contributed by atoms with Gasteiger partial charge in [0.25, 0.3) is 0 Å². The second-order valence-electron chi connectivity index (χ2n) is 4.88. The number of pyridine rings is 1. The summed E-state index contributed by atoms with van der Waals surface area (Å²) < 4.78 is 1.20. The quantitative estimate of drug-likeness (QED) is 0.498. The van der Waals surface area contributed by atoms with Gasteiger partial charge in [-0.2, -0.15) is 0 Å². The molecule has 0 aliphatic carbocycles. The molecule has 0 saturated heterocycles. The summed E-state index contributed by atoms with van der Waals surface area (Å²) in [5, 5.41) is 2.16. The summed E-state index contributed by atoms with van der Waals surface area (Å²) in [4.78, 5) is 9.39. The van der Waals surface area contributed by atoms with Crippen molar-refractivity contribution < 1.29 is 0 Å². The van der Waals surface area contributed by atoms with E-state index in [1.165, 1.54) is 15.6 Å². The fourth-order valence-electron chi connectivity index (χ4n) is 2.35. The summed E-state index contributed by atoms with van der Waals surface area (Å²) in [6, 6.07) is 18.7. The van der Waals surface area contributed by atoms with E-state index in [0.717, 1.165) is 21.7 Å². The number of aryl methyl sites for hydroxylation is 1. The molecular formula is C17H12N2S. The predicted molar refractivity (Wildman–Crippen MR) is 85.1 cm³/mol. The molecule has 0 N–H and O–H groups in total. The lowest BCUT2D eigenvalue weighted by Crippen LogP contribution is -1.85. The number of aromatic nitrogens is 2. The number of hydrogen-bond acceptors (Lipinski definition) is 3. The molecule has 0 fully saturated rings. The molecule has 0 atom stereocenters. The normalized spacial score (nSPS) is 11.2.